The summed E-state index contributed by atoms with van der Waals surface area (Å²) in [6.45, 7) is 4.83. The molecule has 0 bridgehead atoms. The molecule has 5 rings (SSSR count). The highest BCUT2D eigenvalue weighted by molar-refractivity contribution is 5.76. The molecular weight excluding hydrogens is 384 g/mol. The largest absolute Gasteiger partial charge is 0.457 e. The number of ether oxygens (including phenoxy) is 2. The molecule has 1 atom stereocenters. The Bertz CT molecular complexity index is 1070. The molecule has 158 valence electrons. The highest BCUT2D eigenvalue weighted by atomic mass is 16.5. The predicted molar refractivity (Wildman–Crippen MR) is 111 cm³/mol. The van der Waals surface area contributed by atoms with Crippen LogP contribution in [0.15, 0.2) is 35.4 Å². The van der Waals surface area contributed by atoms with Gasteiger partial charge in [-0.3, -0.25) is 20.2 Å². The second-order valence-corrected chi connectivity index (χ2v) is 8.02. The molecule has 1 aliphatic carbocycles. The first-order valence-electron chi connectivity index (χ1n) is 10.4. The standard InChI is InChI=1S/C21H26N6O3/c22-18(16-5-6-16)30-20-17-19(23-13-24-20)27(21(28)25-17)12-15-3-1-14(2-4-15)11-26-7-9-29-10-8-26/h1-4,13,16,18H,5-12,22H2,(H,25,28). The van der Waals surface area contributed by atoms with Crippen molar-refractivity contribution in [3.8, 4) is 5.88 Å². The van der Waals surface area contributed by atoms with Gasteiger partial charge in [-0.15, -0.1) is 0 Å². The highest BCUT2D eigenvalue weighted by Crippen LogP contribution is 2.33. The van der Waals surface area contributed by atoms with E-state index in [1.54, 1.807) is 4.57 Å². The molecule has 0 spiro atoms. The Morgan fingerprint density at radius 1 is 1.13 bits per heavy atom. The van der Waals surface area contributed by atoms with Crippen molar-refractivity contribution < 1.29 is 9.47 Å². The van der Waals surface area contributed by atoms with Crippen molar-refractivity contribution in [1.82, 2.24) is 24.4 Å². The van der Waals surface area contributed by atoms with Crippen LogP contribution in [0.2, 0.25) is 0 Å². The summed E-state index contributed by atoms with van der Waals surface area (Å²) in [5, 5.41) is 0. The summed E-state index contributed by atoms with van der Waals surface area (Å²) < 4.78 is 12.8. The molecule has 1 unspecified atom stereocenters. The van der Waals surface area contributed by atoms with Crippen LogP contribution in [-0.4, -0.2) is 57.0 Å². The van der Waals surface area contributed by atoms with Crippen LogP contribution in [0, 0.1) is 5.92 Å². The number of hydrogen-bond donors (Lipinski definition) is 2. The van der Waals surface area contributed by atoms with Gasteiger partial charge in [0.05, 0.1) is 19.8 Å². The van der Waals surface area contributed by atoms with Gasteiger partial charge in [0.25, 0.3) is 0 Å². The summed E-state index contributed by atoms with van der Waals surface area (Å²) >= 11 is 0. The minimum Gasteiger partial charge on any atom is -0.457 e. The van der Waals surface area contributed by atoms with Crippen LogP contribution in [0.3, 0.4) is 0 Å². The average molecular weight is 410 g/mol. The van der Waals surface area contributed by atoms with Crippen molar-refractivity contribution in [3.63, 3.8) is 0 Å². The lowest BCUT2D eigenvalue weighted by atomic mass is 10.1. The Morgan fingerprint density at radius 3 is 2.53 bits per heavy atom. The Labute approximate surface area is 173 Å². The molecular formula is C21H26N6O3. The van der Waals surface area contributed by atoms with E-state index in [-0.39, 0.29) is 5.69 Å². The van der Waals surface area contributed by atoms with E-state index in [1.165, 1.54) is 11.9 Å². The zero-order valence-corrected chi connectivity index (χ0v) is 16.8. The van der Waals surface area contributed by atoms with E-state index in [2.05, 4.69) is 44.1 Å². The molecule has 1 aliphatic heterocycles. The number of H-pyrrole nitrogens is 1. The third-order valence-corrected chi connectivity index (χ3v) is 5.73. The van der Waals surface area contributed by atoms with Gasteiger partial charge in [-0.1, -0.05) is 24.3 Å². The van der Waals surface area contributed by atoms with Gasteiger partial charge in [-0.25, -0.2) is 9.78 Å². The summed E-state index contributed by atoms with van der Waals surface area (Å²) in [6.07, 6.45) is 3.13. The van der Waals surface area contributed by atoms with Crippen molar-refractivity contribution in [1.29, 1.82) is 0 Å². The van der Waals surface area contributed by atoms with E-state index in [9.17, 15) is 4.79 Å². The number of nitrogens with zero attached hydrogens (tertiary/aromatic N) is 4. The van der Waals surface area contributed by atoms with Crippen molar-refractivity contribution in [2.24, 2.45) is 11.7 Å². The number of nitrogens with one attached hydrogen (secondary N) is 1. The molecule has 3 heterocycles. The Kier molecular flexibility index (Phi) is 5.24. The van der Waals surface area contributed by atoms with Gasteiger partial charge in [-0.05, 0) is 24.0 Å². The Hall–Kier alpha value is -2.75. The van der Waals surface area contributed by atoms with Crippen LogP contribution >= 0.6 is 0 Å². The minimum atomic E-state index is -0.408. The maximum atomic E-state index is 12.6. The molecule has 1 saturated carbocycles. The summed E-state index contributed by atoms with van der Waals surface area (Å²) in [5.41, 5.74) is 9.10. The molecule has 1 saturated heterocycles. The fourth-order valence-electron chi connectivity index (χ4n) is 3.78. The second kappa shape index (κ2) is 8.17. The number of aromatic nitrogens is 4. The summed E-state index contributed by atoms with van der Waals surface area (Å²) in [7, 11) is 0. The molecule has 3 N–H and O–H groups in total. The summed E-state index contributed by atoms with van der Waals surface area (Å²) in [5.74, 6) is 0.691. The third-order valence-electron chi connectivity index (χ3n) is 5.73. The van der Waals surface area contributed by atoms with Gasteiger partial charge in [0.15, 0.2) is 11.9 Å². The van der Waals surface area contributed by atoms with Gasteiger partial charge in [0.1, 0.15) is 11.8 Å². The number of nitrogens with two attached hydrogens (primary N) is 1. The Balaban J connectivity index is 1.33. The van der Waals surface area contributed by atoms with E-state index in [0.717, 1.165) is 51.3 Å². The molecule has 30 heavy (non-hydrogen) atoms. The number of benzene rings is 1. The van der Waals surface area contributed by atoms with E-state index in [1.807, 2.05) is 0 Å². The van der Waals surface area contributed by atoms with Crippen molar-refractivity contribution in [2.45, 2.75) is 32.2 Å². The molecule has 3 aromatic rings. The Morgan fingerprint density at radius 2 is 1.83 bits per heavy atom. The highest BCUT2D eigenvalue weighted by Gasteiger charge is 2.31. The minimum absolute atomic E-state index is 0.243. The maximum Gasteiger partial charge on any atom is 0.328 e. The second-order valence-electron chi connectivity index (χ2n) is 8.02. The van der Waals surface area contributed by atoms with E-state index < -0.39 is 6.23 Å². The van der Waals surface area contributed by atoms with Crippen molar-refractivity contribution >= 4 is 11.2 Å². The number of morpholine rings is 1. The van der Waals surface area contributed by atoms with Gasteiger partial charge >= 0.3 is 5.69 Å². The average Bonchev–Trinajstić information content (AvgIpc) is 3.56. The lowest BCUT2D eigenvalue weighted by molar-refractivity contribution is 0.0342. The molecule has 0 amide bonds. The zero-order chi connectivity index (χ0) is 20.5. The number of imidazole rings is 1. The SMILES string of the molecule is NC(Oc1ncnc2c1[nH]c(=O)n2Cc1ccc(CN2CCOCC2)cc1)C1CC1. The van der Waals surface area contributed by atoms with Gasteiger partial charge in [0, 0.05) is 25.6 Å². The van der Waals surface area contributed by atoms with Crippen molar-refractivity contribution in [3.05, 3.63) is 52.2 Å². The van der Waals surface area contributed by atoms with Crippen LogP contribution < -0.4 is 16.2 Å². The molecule has 2 fully saturated rings. The lowest BCUT2D eigenvalue weighted by Gasteiger charge is -2.26. The van der Waals surface area contributed by atoms with Gasteiger partial charge < -0.3 is 9.47 Å². The first-order valence-corrected chi connectivity index (χ1v) is 10.4. The van der Waals surface area contributed by atoms with Crippen LogP contribution in [0.1, 0.15) is 24.0 Å². The van der Waals surface area contributed by atoms with E-state index in [0.29, 0.717) is 29.5 Å². The molecule has 9 heteroatoms. The normalized spacial score (nSPS) is 18.6. The van der Waals surface area contributed by atoms with Gasteiger partial charge in [-0.2, -0.15) is 4.98 Å². The number of rotatable bonds is 7. The third kappa shape index (κ3) is 4.09. The van der Waals surface area contributed by atoms with Crippen molar-refractivity contribution in [2.75, 3.05) is 26.3 Å². The quantitative estimate of drug-likeness (QED) is 0.561. The molecule has 0 radical (unpaired) electrons. The number of hydrogen-bond acceptors (Lipinski definition) is 7. The monoisotopic (exact) mass is 410 g/mol. The first-order chi connectivity index (χ1) is 14.7. The molecule has 2 aliphatic rings. The fraction of sp³-hybridized carbons (Fsp3) is 0.476. The first kappa shape index (κ1) is 19.2. The summed E-state index contributed by atoms with van der Waals surface area (Å²) in [4.78, 5) is 26.3. The number of aromatic amines is 1. The van der Waals surface area contributed by atoms with Crippen LogP contribution in [0.4, 0.5) is 0 Å². The fourth-order valence-corrected chi connectivity index (χ4v) is 3.78. The van der Waals surface area contributed by atoms with Crippen LogP contribution in [0.5, 0.6) is 5.88 Å². The van der Waals surface area contributed by atoms with E-state index in [4.69, 9.17) is 15.2 Å². The van der Waals surface area contributed by atoms with E-state index >= 15 is 0 Å². The van der Waals surface area contributed by atoms with Crippen LogP contribution in [0.25, 0.3) is 11.2 Å². The molecule has 1 aromatic carbocycles. The smallest absolute Gasteiger partial charge is 0.328 e. The maximum absolute atomic E-state index is 12.6. The van der Waals surface area contributed by atoms with Gasteiger partial charge in [0.2, 0.25) is 5.88 Å². The predicted octanol–water partition coefficient (Wildman–Crippen LogP) is 1.07. The molecule has 2 aromatic heterocycles. The molecule has 9 nitrogen and oxygen atoms in total. The zero-order valence-electron chi connectivity index (χ0n) is 16.8. The summed E-state index contributed by atoms with van der Waals surface area (Å²) in [6, 6.07) is 8.34. The number of fused-ring (bicyclic) bond motifs is 1. The van der Waals surface area contributed by atoms with Crippen LogP contribution in [-0.2, 0) is 17.8 Å². The topological polar surface area (TPSA) is 111 Å². The lowest BCUT2D eigenvalue weighted by Crippen LogP contribution is -2.35.